The predicted octanol–water partition coefficient (Wildman–Crippen LogP) is 0.676. The number of rotatable bonds is 5. The number of aryl methyl sites for hydroxylation is 1. The van der Waals surface area contributed by atoms with Gasteiger partial charge in [-0.3, -0.25) is 9.59 Å². The van der Waals surface area contributed by atoms with E-state index in [1.807, 2.05) is 6.92 Å². The smallest absolute Gasteiger partial charge is 0.254 e. The lowest BCUT2D eigenvalue weighted by molar-refractivity contribution is -0.118. The lowest BCUT2D eigenvalue weighted by Gasteiger charge is -2.19. The Morgan fingerprint density at radius 3 is 2.62 bits per heavy atom. The van der Waals surface area contributed by atoms with Crippen LogP contribution < -0.4 is 5.73 Å². The number of hydrogen-bond donors (Lipinski definition) is 2. The van der Waals surface area contributed by atoms with Gasteiger partial charge in [0.2, 0.25) is 5.91 Å². The van der Waals surface area contributed by atoms with E-state index < -0.39 is 5.91 Å². The van der Waals surface area contributed by atoms with Gasteiger partial charge in [-0.1, -0.05) is 11.8 Å². The fraction of sp³-hybridized carbons (Fsp3) is 0.375. The molecule has 5 heteroatoms. The van der Waals surface area contributed by atoms with Crippen molar-refractivity contribution < 1.29 is 14.7 Å². The van der Waals surface area contributed by atoms with Crippen LogP contribution in [-0.2, 0) is 4.79 Å². The monoisotopic (exact) mass is 288 g/mol. The molecule has 2 amide bonds. The van der Waals surface area contributed by atoms with Crippen molar-refractivity contribution in [3.8, 4) is 11.8 Å². The van der Waals surface area contributed by atoms with E-state index in [0.29, 0.717) is 18.5 Å². The molecule has 0 aromatic heterocycles. The summed E-state index contributed by atoms with van der Waals surface area (Å²) in [5.41, 5.74) is 7.33. The van der Waals surface area contributed by atoms with E-state index in [9.17, 15) is 9.59 Å². The van der Waals surface area contributed by atoms with E-state index in [2.05, 4.69) is 11.8 Å². The molecule has 21 heavy (non-hydrogen) atoms. The molecule has 0 fully saturated rings. The van der Waals surface area contributed by atoms with Crippen LogP contribution in [0.2, 0.25) is 0 Å². The van der Waals surface area contributed by atoms with Crippen LogP contribution in [0, 0.1) is 18.8 Å². The van der Waals surface area contributed by atoms with Gasteiger partial charge in [0.05, 0.1) is 13.2 Å². The maximum absolute atomic E-state index is 12.3. The number of likely N-dealkylation sites (N-methyl/N-ethyl adjacent to an activating group) is 1. The molecule has 5 nitrogen and oxygen atoms in total. The van der Waals surface area contributed by atoms with Gasteiger partial charge in [0.15, 0.2) is 0 Å². The van der Waals surface area contributed by atoms with Crippen molar-refractivity contribution >= 4 is 11.8 Å². The molecule has 112 valence electrons. The second-order valence-corrected chi connectivity index (χ2v) is 4.59. The Balaban J connectivity index is 2.95. The summed E-state index contributed by atoms with van der Waals surface area (Å²) in [4.78, 5) is 24.6. The highest BCUT2D eigenvalue weighted by molar-refractivity contribution is 5.96. The van der Waals surface area contributed by atoms with Crippen LogP contribution in [-0.4, -0.2) is 41.5 Å². The van der Waals surface area contributed by atoms with Crippen molar-refractivity contribution in [2.75, 3.05) is 19.7 Å². The molecule has 0 aliphatic rings. The van der Waals surface area contributed by atoms with Gasteiger partial charge in [0, 0.05) is 24.1 Å². The zero-order valence-corrected chi connectivity index (χ0v) is 12.3. The third-order valence-electron chi connectivity index (χ3n) is 2.95. The summed E-state index contributed by atoms with van der Waals surface area (Å²) in [5.74, 6) is 5.03. The molecule has 0 aliphatic heterocycles. The number of benzene rings is 1. The Kier molecular flexibility index (Phi) is 6.44. The highest BCUT2D eigenvalue weighted by atomic mass is 16.2. The van der Waals surface area contributed by atoms with E-state index in [1.165, 1.54) is 4.90 Å². The van der Waals surface area contributed by atoms with E-state index in [4.69, 9.17) is 10.8 Å². The molecule has 0 saturated heterocycles. The first-order chi connectivity index (χ1) is 9.99. The highest BCUT2D eigenvalue weighted by Crippen LogP contribution is 2.12. The van der Waals surface area contributed by atoms with Gasteiger partial charge in [-0.15, -0.1) is 0 Å². The van der Waals surface area contributed by atoms with E-state index in [-0.39, 0.29) is 19.1 Å². The normalized spacial score (nSPS) is 9.67. The molecule has 0 atom stereocenters. The first-order valence-electron chi connectivity index (χ1n) is 6.77. The van der Waals surface area contributed by atoms with Crippen LogP contribution >= 0.6 is 0 Å². The first-order valence-corrected chi connectivity index (χ1v) is 6.77. The summed E-state index contributed by atoms with van der Waals surface area (Å²) in [5, 5.41) is 8.70. The number of nitrogens with two attached hydrogens (primary N) is 1. The summed E-state index contributed by atoms with van der Waals surface area (Å²) >= 11 is 0. The molecule has 0 bridgehead atoms. The zero-order valence-electron chi connectivity index (χ0n) is 12.3. The molecule has 1 rings (SSSR count). The Hall–Kier alpha value is -2.32. The Morgan fingerprint density at radius 2 is 2.10 bits per heavy atom. The molecular formula is C16H20N2O3. The quantitative estimate of drug-likeness (QED) is 0.781. The van der Waals surface area contributed by atoms with Crippen molar-refractivity contribution in [2.24, 2.45) is 5.73 Å². The van der Waals surface area contributed by atoms with Crippen LogP contribution in [0.4, 0.5) is 0 Å². The topological polar surface area (TPSA) is 83.6 Å². The van der Waals surface area contributed by atoms with Gasteiger partial charge in [0.1, 0.15) is 0 Å². The zero-order chi connectivity index (χ0) is 15.8. The molecule has 0 unspecified atom stereocenters. The van der Waals surface area contributed by atoms with Gasteiger partial charge in [0.25, 0.3) is 5.91 Å². The number of aliphatic hydroxyl groups excluding tert-OH is 1. The van der Waals surface area contributed by atoms with Crippen LogP contribution in [0.25, 0.3) is 0 Å². The SMILES string of the molecule is CCN(CC(N)=O)C(=O)c1ccc(C#CCCO)c(C)c1. The Morgan fingerprint density at radius 1 is 1.38 bits per heavy atom. The maximum Gasteiger partial charge on any atom is 0.254 e. The largest absolute Gasteiger partial charge is 0.395 e. The van der Waals surface area contributed by atoms with Crippen molar-refractivity contribution in [3.63, 3.8) is 0 Å². The number of carbonyl (C=O) groups excluding carboxylic acids is 2. The van der Waals surface area contributed by atoms with Gasteiger partial charge in [-0.25, -0.2) is 0 Å². The van der Waals surface area contributed by atoms with Crippen molar-refractivity contribution in [3.05, 3.63) is 34.9 Å². The molecule has 0 aliphatic carbocycles. The van der Waals surface area contributed by atoms with Crippen LogP contribution in [0.1, 0.15) is 34.8 Å². The summed E-state index contributed by atoms with van der Waals surface area (Å²) in [6.45, 7) is 4.01. The van der Waals surface area contributed by atoms with Crippen molar-refractivity contribution in [1.82, 2.24) is 4.90 Å². The summed E-state index contributed by atoms with van der Waals surface area (Å²) in [6, 6.07) is 5.20. The summed E-state index contributed by atoms with van der Waals surface area (Å²) in [7, 11) is 0. The van der Waals surface area contributed by atoms with Gasteiger partial charge >= 0.3 is 0 Å². The second kappa shape index (κ2) is 8.08. The van der Waals surface area contributed by atoms with Crippen molar-refractivity contribution in [1.29, 1.82) is 0 Å². The van der Waals surface area contributed by atoms with Gasteiger partial charge in [-0.05, 0) is 37.6 Å². The van der Waals surface area contributed by atoms with Crippen LogP contribution in [0.5, 0.6) is 0 Å². The fourth-order valence-corrected chi connectivity index (χ4v) is 1.85. The lowest BCUT2D eigenvalue weighted by atomic mass is 10.0. The number of amides is 2. The number of primary amides is 1. The molecule has 0 heterocycles. The van der Waals surface area contributed by atoms with E-state index >= 15 is 0 Å². The molecule has 1 aromatic carbocycles. The summed E-state index contributed by atoms with van der Waals surface area (Å²) in [6.07, 6.45) is 0.419. The first kappa shape index (κ1) is 16.7. The maximum atomic E-state index is 12.3. The van der Waals surface area contributed by atoms with E-state index in [0.717, 1.165) is 11.1 Å². The fourth-order valence-electron chi connectivity index (χ4n) is 1.85. The lowest BCUT2D eigenvalue weighted by Crippen LogP contribution is -2.38. The molecule has 0 radical (unpaired) electrons. The minimum absolute atomic E-state index is 0.0290. The van der Waals surface area contributed by atoms with Crippen LogP contribution in [0.3, 0.4) is 0 Å². The molecule has 0 saturated carbocycles. The van der Waals surface area contributed by atoms with Crippen LogP contribution in [0.15, 0.2) is 18.2 Å². The molecule has 1 aromatic rings. The van der Waals surface area contributed by atoms with E-state index in [1.54, 1.807) is 25.1 Å². The molecule has 0 spiro atoms. The van der Waals surface area contributed by atoms with Crippen molar-refractivity contribution in [2.45, 2.75) is 20.3 Å². The average Bonchev–Trinajstić information content (AvgIpc) is 2.45. The third kappa shape index (κ3) is 4.93. The molecule has 3 N–H and O–H groups in total. The minimum Gasteiger partial charge on any atom is -0.395 e. The third-order valence-corrected chi connectivity index (χ3v) is 2.95. The molecular weight excluding hydrogens is 268 g/mol. The van der Waals surface area contributed by atoms with Gasteiger partial charge in [-0.2, -0.15) is 0 Å². The number of aliphatic hydroxyl groups is 1. The average molecular weight is 288 g/mol. The summed E-state index contributed by atoms with van der Waals surface area (Å²) < 4.78 is 0. The number of hydrogen-bond acceptors (Lipinski definition) is 3. The Labute approximate surface area is 124 Å². The highest BCUT2D eigenvalue weighted by Gasteiger charge is 2.16. The second-order valence-electron chi connectivity index (χ2n) is 4.59. The standard InChI is InChI=1S/C16H20N2O3/c1-3-18(11-15(17)20)16(21)14-8-7-13(12(2)10-14)6-4-5-9-19/h7-8,10,19H,3,5,9,11H2,1-2H3,(H2,17,20). The number of nitrogens with zero attached hydrogens (tertiary/aromatic N) is 1. The predicted molar refractivity (Wildman–Crippen MR) is 80.5 cm³/mol. The Bertz CT molecular complexity index is 585. The number of carbonyl (C=O) groups is 2. The van der Waals surface area contributed by atoms with Gasteiger partial charge < -0.3 is 15.7 Å². The minimum atomic E-state index is -0.534.